The minimum atomic E-state index is -0.564. The molecule has 0 spiro atoms. The van der Waals surface area contributed by atoms with E-state index in [1.54, 1.807) is 19.1 Å². The first kappa shape index (κ1) is 11.6. The quantitative estimate of drug-likeness (QED) is 0.824. The molecule has 0 aliphatic carbocycles. The SMILES string of the molecule is Cc1ccc(C(O)CC2CCCN2)cc1F. The molecule has 2 nitrogen and oxygen atoms in total. The molecule has 1 aromatic carbocycles. The summed E-state index contributed by atoms with van der Waals surface area (Å²) >= 11 is 0. The molecule has 3 heteroatoms. The van der Waals surface area contributed by atoms with Gasteiger partial charge >= 0.3 is 0 Å². The number of hydrogen-bond donors (Lipinski definition) is 2. The Morgan fingerprint density at radius 1 is 1.56 bits per heavy atom. The zero-order valence-corrected chi connectivity index (χ0v) is 9.54. The largest absolute Gasteiger partial charge is 0.388 e. The first-order valence-electron chi connectivity index (χ1n) is 5.84. The van der Waals surface area contributed by atoms with Crippen LogP contribution >= 0.6 is 0 Å². The molecule has 1 aromatic rings. The molecule has 1 heterocycles. The molecule has 0 radical (unpaired) electrons. The summed E-state index contributed by atoms with van der Waals surface area (Å²) in [5.74, 6) is -0.240. The van der Waals surface area contributed by atoms with E-state index in [0.717, 1.165) is 13.0 Å². The molecule has 1 aliphatic heterocycles. The third-order valence-corrected chi connectivity index (χ3v) is 3.25. The molecule has 0 bridgehead atoms. The average molecular weight is 223 g/mol. The van der Waals surface area contributed by atoms with Gasteiger partial charge in [0.05, 0.1) is 6.10 Å². The van der Waals surface area contributed by atoms with E-state index >= 15 is 0 Å². The first-order chi connectivity index (χ1) is 7.66. The Morgan fingerprint density at radius 2 is 2.38 bits per heavy atom. The van der Waals surface area contributed by atoms with Gasteiger partial charge in [0.25, 0.3) is 0 Å². The van der Waals surface area contributed by atoms with Gasteiger partial charge in [-0.25, -0.2) is 4.39 Å². The third-order valence-electron chi connectivity index (χ3n) is 3.25. The van der Waals surface area contributed by atoms with Crippen LogP contribution in [0.3, 0.4) is 0 Å². The molecule has 88 valence electrons. The van der Waals surface area contributed by atoms with Gasteiger partial charge in [0, 0.05) is 6.04 Å². The maximum Gasteiger partial charge on any atom is 0.126 e. The molecule has 1 fully saturated rings. The molecule has 2 rings (SSSR count). The summed E-state index contributed by atoms with van der Waals surface area (Å²) in [7, 11) is 0. The molecule has 0 amide bonds. The van der Waals surface area contributed by atoms with Gasteiger partial charge in [-0.2, -0.15) is 0 Å². The van der Waals surface area contributed by atoms with Crippen molar-refractivity contribution in [1.29, 1.82) is 0 Å². The monoisotopic (exact) mass is 223 g/mol. The van der Waals surface area contributed by atoms with E-state index < -0.39 is 6.10 Å². The second-order valence-electron chi connectivity index (χ2n) is 4.55. The molecule has 2 N–H and O–H groups in total. The Morgan fingerprint density at radius 3 is 3.00 bits per heavy atom. The van der Waals surface area contributed by atoms with E-state index in [2.05, 4.69) is 5.32 Å². The van der Waals surface area contributed by atoms with Crippen molar-refractivity contribution in [3.63, 3.8) is 0 Å². The number of halogens is 1. The Hall–Kier alpha value is -0.930. The maximum absolute atomic E-state index is 13.3. The van der Waals surface area contributed by atoms with Crippen molar-refractivity contribution in [3.8, 4) is 0 Å². The highest BCUT2D eigenvalue weighted by Gasteiger charge is 2.19. The number of hydrogen-bond acceptors (Lipinski definition) is 2. The summed E-state index contributed by atoms with van der Waals surface area (Å²) in [4.78, 5) is 0. The molecule has 2 unspecified atom stereocenters. The Bertz CT molecular complexity index is 361. The zero-order chi connectivity index (χ0) is 11.5. The van der Waals surface area contributed by atoms with Gasteiger partial charge < -0.3 is 10.4 Å². The Balaban J connectivity index is 2.02. The third kappa shape index (κ3) is 2.60. The van der Waals surface area contributed by atoms with Crippen LogP contribution in [0.1, 0.15) is 36.5 Å². The summed E-state index contributed by atoms with van der Waals surface area (Å²) < 4.78 is 13.3. The number of aliphatic hydroxyl groups is 1. The van der Waals surface area contributed by atoms with Gasteiger partial charge in [0.2, 0.25) is 0 Å². The topological polar surface area (TPSA) is 32.3 Å². The molecule has 16 heavy (non-hydrogen) atoms. The van der Waals surface area contributed by atoms with Crippen LogP contribution in [0.5, 0.6) is 0 Å². The van der Waals surface area contributed by atoms with E-state index in [-0.39, 0.29) is 5.82 Å². The highest BCUT2D eigenvalue weighted by atomic mass is 19.1. The lowest BCUT2D eigenvalue weighted by Crippen LogP contribution is -2.23. The fraction of sp³-hybridized carbons (Fsp3) is 0.538. The molecule has 0 saturated carbocycles. The van der Waals surface area contributed by atoms with E-state index in [0.29, 0.717) is 23.6 Å². The predicted octanol–water partition coefficient (Wildman–Crippen LogP) is 2.31. The summed E-state index contributed by atoms with van der Waals surface area (Å²) in [5.41, 5.74) is 1.30. The van der Waals surface area contributed by atoms with Crippen LogP contribution in [0.25, 0.3) is 0 Å². The van der Waals surface area contributed by atoms with Gasteiger partial charge in [-0.05, 0) is 49.9 Å². The minimum absolute atomic E-state index is 0.240. The molecule has 0 aromatic heterocycles. The smallest absolute Gasteiger partial charge is 0.126 e. The number of aryl methyl sites for hydroxylation is 1. The van der Waals surface area contributed by atoms with Crippen LogP contribution in [0.15, 0.2) is 18.2 Å². The standard InChI is InChI=1S/C13H18FNO/c1-9-4-5-10(7-12(9)14)13(16)8-11-3-2-6-15-11/h4-5,7,11,13,15-16H,2-3,6,8H2,1H3. The van der Waals surface area contributed by atoms with Gasteiger partial charge in [0.15, 0.2) is 0 Å². The summed E-state index contributed by atoms with van der Waals surface area (Å²) in [6, 6.07) is 5.34. The highest BCUT2D eigenvalue weighted by Crippen LogP contribution is 2.23. The fourth-order valence-corrected chi connectivity index (χ4v) is 2.18. The summed E-state index contributed by atoms with van der Waals surface area (Å²) in [6.45, 7) is 2.75. The van der Waals surface area contributed by atoms with E-state index in [1.165, 1.54) is 12.5 Å². The van der Waals surface area contributed by atoms with Crippen molar-refractivity contribution in [3.05, 3.63) is 35.1 Å². The Labute approximate surface area is 95.5 Å². The van der Waals surface area contributed by atoms with Crippen molar-refractivity contribution >= 4 is 0 Å². The lowest BCUT2D eigenvalue weighted by Gasteiger charge is -2.16. The number of rotatable bonds is 3. The van der Waals surface area contributed by atoms with Crippen molar-refractivity contribution in [1.82, 2.24) is 5.32 Å². The number of benzene rings is 1. The second kappa shape index (κ2) is 4.93. The number of nitrogens with one attached hydrogen (secondary N) is 1. The molecule has 1 saturated heterocycles. The van der Waals surface area contributed by atoms with Gasteiger partial charge in [-0.15, -0.1) is 0 Å². The summed E-state index contributed by atoms with van der Waals surface area (Å²) in [5, 5.41) is 13.3. The van der Waals surface area contributed by atoms with Crippen LogP contribution in [-0.4, -0.2) is 17.7 Å². The predicted molar refractivity (Wildman–Crippen MR) is 61.7 cm³/mol. The van der Waals surface area contributed by atoms with Crippen LogP contribution in [-0.2, 0) is 0 Å². The minimum Gasteiger partial charge on any atom is -0.388 e. The Kier molecular flexibility index (Phi) is 3.56. The molecule has 2 atom stereocenters. The van der Waals surface area contributed by atoms with Crippen LogP contribution in [0.4, 0.5) is 4.39 Å². The van der Waals surface area contributed by atoms with E-state index in [1.807, 2.05) is 0 Å². The average Bonchev–Trinajstić information content (AvgIpc) is 2.74. The lowest BCUT2D eigenvalue weighted by atomic mass is 10.00. The van der Waals surface area contributed by atoms with Crippen LogP contribution < -0.4 is 5.32 Å². The van der Waals surface area contributed by atoms with Crippen molar-refractivity contribution in [2.24, 2.45) is 0 Å². The zero-order valence-electron chi connectivity index (χ0n) is 9.54. The van der Waals surface area contributed by atoms with Crippen LogP contribution in [0, 0.1) is 12.7 Å². The van der Waals surface area contributed by atoms with Gasteiger partial charge in [0.1, 0.15) is 5.82 Å². The van der Waals surface area contributed by atoms with E-state index in [9.17, 15) is 9.50 Å². The normalized spacial score (nSPS) is 22.3. The van der Waals surface area contributed by atoms with Gasteiger partial charge in [-0.1, -0.05) is 12.1 Å². The van der Waals surface area contributed by atoms with Crippen LogP contribution in [0.2, 0.25) is 0 Å². The lowest BCUT2D eigenvalue weighted by molar-refractivity contribution is 0.154. The van der Waals surface area contributed by atoms with Crippen molar-refractivity contribution in [2.45, 2.75) is 38.3 Å². The van der Waals surface area contributed by atoms with Crippen molar-refractivity contribution < 1.29 is 9.50 Å². The highest BCUT2D eigenvalue weighted by molar-refractivity contribution is 5.25. The maximum atomic E-state index is 13.3. The van der Waals surface area contributed by atoms with Crippen molar-refractivity contribution in [2.75, 3.05) is 6.54 Å². The number of aliphatic hydroxyl groups excluding tert-OH is 1. The molecular formula is C13H18FNO. The molecule has 1 aliphatic rings. The van der Waals surface area contributed by atoms with Gasteiger partial charge in [-0.3, -0.25) is 0 Å². The second-order valence-corrected chi connectivity index (χ2v) is 4.55. The first-order valence-corrected chi connectivity index (χ1v) is 5.84. The van der Waals surface area contributed by atoms with E-state index in [4.69, 9.17) is 0 Å². The summed E-state index contributed by atoms with van der Waals surface area (Å²) in [6.07, 6.45) is 2.37. The fourth-order valence-electron chi connectivity index (χ4n) is 2.18. The molecular weight excluding hydrogens is 205 g/mol.